The van der Waals surface area contributed by atoms with Crippen molar-refractivity contribution >= 4 is 11.7 Å². The third-order valence-corrected chi connectivity index (χ3v) is 7.64. The Labute approximate surface area is 245 Å². The van der Waals surface area contributed by atoms with Gasteiger partial charge >= 0.3 is 0 Å². The zero-order chi connectivity index (χ0) is 29.8. The van der Waals surface area contributed by atoms with Gasteiger partial charge in [0.25, 0.3) is 5.91 Å². The molecule has 2 saturated heterocycles. The van der Waals surface area contributed by atoms with Crippen molar-refractivity contribution in [3.05, 3.63) is 89.4 Å². The van der Waals surface area contributed by atoms with Crippen LogP contribution in [0.3, 0.4) is 0 Å². The molecule has 3 heterocycles. The first kappa shape index (κ1) is 31.9. The van der Waals surface area contributed by atoms with Crippen molar-refractivity contribution in [2.24, 2.45) is 0 Å². The first-order valence-electron chi connectivity index (χ1n) is 14.8. The van der Waals surface area contributed by atoms with E-state index in [9.17, 15) is 15.0 Å². The second kappa shape index (κ2) is 16.0. The number of amides is 1. The lowest BCUT2D eigenvalue weighted by molar-refractivity contribution is 0.0950. The summed E-state index contributed by atoms with van der Waals surface area (Å²) in [6.45, 7) is 18.4. The molecule has 0 unspecified atom stereocenters. The summed E-state index contributed by atoms with van der Waals surface area (Å²) in [4.78, 5) is 24.2. The number of carbonyl (C=O) groups is 1. The number of pyridine rings is 1. The summed E-state index contributed by atoms with van der Waals surface area (Å²) < 4.78 is 0. The van der Waals surface area contributed by atoms with Crippen molar-refractivity contribution in [1.29, 1.82) is 0 Å². The van der Waals surface area contributed by atoms with Gasteiger partial charge in [-0.25, -0.2) is 4.98 Å². The fraction of sp³-hybridized carbons (Fsp3) is 0.455. The summed E-state index contributed by atoms with van der Waals surface area (Å²) in [5.74, 6) is 0.402. The van der Waals surface area contributed by atoms with Gasteiger partial charge in [-0.3, -0.25) is 14.6 Å². The first-order chi connectivity index (χ1) is 19.8. The van der Waals surface area contributed by atoms with E-state index in [1.807, 2.05) is 58.0 Å². The van der Waals surface area contributed by atoms with Crippen LogP contribution in [0.1, 0.15) is 55.1 Å². The Hall–Kier alpha value is -3.62. The molecular formula is C33H47N5O3. The lowest BCUT2D eigenvalue weighted by Crippen LogP contribution is -2.53. The molecule has 0 atom stereocenters. The van der Waals surface area contributed by atoms with E-state index in [-0.39, 0.29) is 17.4 Å². The number of rotatable bonds is 9. The summed E-state index contributed by atoms with van der Waals surface area (Å²) in [5.41, 5.74) is 3.73. The highest BCUT2D eigenvalue weighted by Crippen LogP contribution is 2.28. The smallest absolute Gasteiger partial charge is 0.253 e. The third kappa shape index (κ3) is 9.47. The van der Waals surface area contributed by atoms with E-state index in [1.54, 1.807) is 12.3 Å². The number of allylic oxidation sites excluding steroid dienone is 2. The monoisotopic (exact) mass is 561 g/mol. The number of nitrogens with zero attached hydrogens (tertiary/aromatic N) is 4. The number of aromatic hydroxyl groups is 1. The van der Waals surface area contributed by atoms with Crippen molar-refractivity contribution in [2.75, 3.05) is 50.7 Å². The number of aryl methyl sites for hydroxylation is 1. The third-order valence-electron chi connectivity index (χ3n) is 7.64. The van der Waals surface area contributed by atoms with E-state index in [0.717, 1.165) is 64.2 Å². The number of nitrogens with one attached hydrogen (secondary N) is 1. The Balaban J connectivity index is 0.00000226. The van der Waals surface area contributed by atoms with Crippen LogP contribution in [0.5, 0.6) is 5.75 Å². The number of piperidine rings is 1. The summed E-state index contributed by atoms with van der Waals surface area (Å²) in [6.07, 6.45) is 9.46. The molecule has 0 radical (unpaired) electrons. The molecule has 0 saturated carbocycles. The van der Waals surface area contributed by atoms with E-state index in [1.165, 1.54) is 17.2 Å². The van der Waals surface area contributed by atoms with Crippen molar-refractivity contribution in [2.45, 2.75) is 53.1 Å². The number of benzene rings is 1. The molecule has 2 aliphatic rings. The molecule has 1 amide bonds. The molecule has 2 aromatic rings. The van der Waals surface area contributed by atoms with E-state index >= 15 is 0 Å². The summed E-state index contributed by atoms with van der Waals surface area (Å²) in [5, 5.41) is 22.9. The minimum atomic E-state index is -0.252. The van der Waals surface area contributed by atoms with Crippen LogP contribution >= 0.6 is 0 Å². The number of aromatic nitrogens is 1. The molecule has 41 heavy (non-hydrogen) atoms. The summed E-state index contributed by atoms with van der Waals surface area (Å²) in [6, 6.07) is 10.1. The zero-order valence-corrected chi connectivity index (χ0v) is 25.1. The van der Waals surface area contributed by atoms with Crippen LogP contribution in [0.4, 0.5) is 5.82 Å². The number of hydrogen-bond donors (Lipinski definition) is 3. The number of anilines is 1. The topological polar surface area (TPSA) is 92.2 Å². The van der Waals surface area contributed by atoms with E-state index in [2.05, 4.69) is 37.7 Å². The van der Waals surface area contributed by atoms with E-state index in [0.29, 0.717) is 24.0 Å². The molecule has 2 aliphatic heterocycles. The molecule has 0 bridgehead atoms. The molecule has 8 heteroatoms. The Kier molecular flexibility index (Phi) is 12.4. The van der Waals surface area contributed by atoms with Crippen molar-refractivity contribution in [3.63, 3.8) is 0 Å². The Morgan fingerprint density at radius 2 is 1.73 bits per heavy atom. The normalized spacial score (nSPS) is 17.3. The highest BCUT2D eigenvalue weighted by molar-refractivity contribution is 5.94. The number of piperazine rings is 1. The van der Waals surface area contributed by atoms with Crippen LogP contribution in [0.15, 0.2) is 72.7 Å². The molecule has 8 nitrogen and oxygen atoms in total. The Bertz CT molecular complexity index is 1190. The average molecular weight is 562 g/mol. The summed E-state index contributed by atoms with van der Waals surface area (Å²) >= 11 is 0. The van der Waals surface area contributed by atoms with Crippen molar-refractivity contribution in [3.8, 4) is 5.75 Å². The minimum absolute atomic E-state index is 0.0401. The molecular weight excluding hydrogens is 514 g/mol. The predicted molar refractivity (Wildman–Crippen MR) is 168 cm³/mol. The lowest BCUT2D eigenvalue weighted by atomic mass is 10.0. The molecule has 0 spiro atoms. The molecule has 1 aromatic carbocycles. The van der Waals surface area contributed by atoms with Crippen LogP contribution < -0.4 is 10.2 Å². The number of aliphatic hydroxyl groups excluding tert-OH is 1. The van der Waals surface area contributed by atoms with Crippen molar-refractivity contribution in [1.82, 2.24) is 20.1 Å². The fourth-order valence-electron chi connectivity index (χ4n) is 5.25. The molecule has 3 N–H and O–H groups in total. The van der Waals surface area contributed by atoms with Crippen LogP contribution in [0, 0.1) is 6.92 Å². The largest absolute Gasteiger partial charge is 0.509 e. The molecule has 4 rings (SSSR count). The average Bonchev–Trinajstić information content (AvgIpc) is 3.00. The van der Waals surface area contributed by atoms with E-state index < -0.39 is 0 Å². The van der Waals surface area contributed by atoms with Gasteiger partial charge in [-0.2, -0.15) is 0 Å². The van der Waals surface area contributed by atoms with Crippen LogP contribution in [-0.2, 0) is 6.54 Å². The lowest BCUT2D eigenvalue weighted by Gasteiger charge is -2.43. The van der Waals surface area contributed by atoms with Gasteiger partial charge in [-0.05, 0) is 63.1 Å². The van der Waals surface area contributed by atoms with Gasteiger partial charge in [-0.1, -0.05) is 62.4 Å². The molecule has 0 aliphatic carbocycles. The fourth-order valence-corrected chi connectivity index (χ4v) is 5.25. The number of hydrogen-bond acceptors (Lipinski definition) is 7. The predicted octanol–water partition coefficient (Wildman–Crippen LogP) is 5.21. The van der Waals surface area contributed by atoms with Gasteiger partial charge in [-0.15, -0.1) is 0 Å². The number of aliphatic hydroxyl groups is 1. The highest BCUT2D eigenvalue weighted by Gasteiger charge is 2.28. The maximum absolute atomic E-state index is 12.6. The number of likely N-dealkylation sites (tertiary alicyclic amines) is 1. The number of carbonyl (C=O) groups excluding carboxylic acids is 1. The van der Waals surface area contributed by atoms with Gasteiger partial charge < -0.3 is 20.4 Å². The zero-order valence-electron chi connectivity index (χ0n) is 25.1. The highest BCUT2D eigenvalue weighted by atomic mass is 16.3. The second-order valence-electron chi connectivity index (χ2n) is 10.5. The van der Waals surface area contributed by atoms with Gasteiger partial charge in [0.15, 0.2) is 11.6 Å². The van der Waals surface area contributed by atoms with Crippen LogP contribution in [0.25, 0.3) is 0 Å². The molecule has 222 valence electrons. The first-order valence-corrected chi connectivity index (χ1v) is 14.8. The van der Waals surface area contributed by atoms with Crippen LogP contribution in [-0.4, -0.2) is 82.8 Å². The Morgan fingerprint density at radius 1 is 1.07 bits per heavy atom. The van der Waals surface area contributed by atoms with Gasteiger partial charge in [0.2, 0.25) is 0 Å². The Morgan fingerprint density at radius 3 is 2.32 bits per heavy atom. The van der Waals surface area contributed by atoms with Gasteiger partial charge in [0.05, 0.1) is 5.56 Å². The van der Waals surface area contributed by atoms with Gasteiger partial charge in [0, 0.05) is 51.5 Å². The quantitative estimate of drug-likeness (QED) is 0.286. The molecule has 2 fully saturated rings. The maximum atomic E-state index is 12.6. The minimum Gasteiger partial charge on any atom is -0.509 e. The van der Waals surface area contributed by atoms with Gasteiger partial charge in [0.1, 0.15) is 5.76 Å². The summed E-state index contributed by atoms with van der Waals surface area (Å²) in [7, 11) is 0. The standard InChI is InChI=1S/C31H41N5O3.C2H6/c1-4-25(10-7-24(3)37)22-34-13-11-28(12-14-34)35-15-17-36(18-16-35)30-29(38)19-27(21-32-30)31(39)33-20-26-8-5-23(2)6-9-26;1-2/h4-10,19,21,28,37-38H,3,11-18,20,22H2,1-2H3,(H,33,39);1-2H3/b10-7-,25-4+;. The SMILES string of the molecule is C=C(O)/C=C\C(=C/C)CN1CCC(N2CCN(c3ncc(C(=O)NCc4ccc(C)cc4)cc3O)CC2)CC1.CC. The van der Waals surface area contributed by atoms with E-state index in [4.69, 9.17) is 0 Å². The van der Waals surface area contributed by atoms with Crippen LogP contribution in [0.2, 0.25) is 0 Å². The molecule has 1 aromatic heterocycles. The second-order valence-corrected chi connectivity index (χ2v) is 10.5. The van der Waals surface area contributed by atoms with Crippen molar-refractivity contribution < 1.29 is 15.0 Å². The maximum Gasteiger partial charge on any atom is 0.253 e.